The quantitative estimate of drug-likeness (QED) is 0.430. The predicted octanol–water partition coefficient (Wildman–Crippen LogP) is 6.91. The Kier molecular flexibility index (Phi) is 8.40. The molecule has 0 atom stereocenters. The van der Waals surface area contributed by atoms with Gasteiger partial charge in [0.25, 0.3) is 5.91 Å². The van der Waals surface area contributed by atoms with Crippen LogP contribution in [0.3, 0.4) is 0 Å². The van der Waals surface area contributed by atoms with Crippen LogP contribution in [0.1, 0.15) is 89.1 Å². The monoisotopic (exact) mass is 465 g/mol. The SMILES string of the molecule is CC(C)(C)CC(C)(C)c1ccc(OCC(=O)Nc2ccc(C(=O)OC3CCCCC3)cc2)cc1. The van der Waals surface area contributed by atoms with Gasteiger partial charge < -0.3 is 14.8 Å². The van der Waals surface area contributed by atoms with Gasteiger partial charge in [-0.25, -0.2) is 4.79 Å². The summed E-state index contributed by atoms with van der Waals surface area (Å²) in [4.78, 5) is 24.7. The van der Waals surface area contributed by atoms with Crippen molar-refractivity contribution in [1.82, 2.24) is 0 Å². The molecule has 1 amide bonds. The van der Waals surface area contributed by atoms with Crippen LogP contribution >= 0.6 is 0 Å². The van der Waals surface area contributed by atoms with E-state index in [0.717, 1.165) is 32.1 Å². The van der Waals surface area contributed by atoms with Gasteiger partial charge in [0.1, 0.15) is 11.9 Å². The highest BCUT2D eigenvalue weighted by atomic mass is 16.5. The first-order valence-corrected chi connectivity index (χ1v) is 12.4. The summed E-state index contributed by atoms with van der Waals surface area (Å²) in [7, 11) is 0. The highest BCUT2D eigenvalue weighted by Crippen LogP contribution is 2.36. The van der Waals surface area contributed by atoms with E-state index in [1.165, 1.54) is 12.0 Å². The minimum Gasteiger partial charge on any atom is -0.484 e. The second-order valence-corrected chi connectivity index (χ2v) is 11.2. The van der Waals surface area contributed by atoms with E-state index in [9.17, 15) is 9.59 Å². The van der Waals surface area contributed by atoms with E-state index < -0.39 is 0 Å². The smallest absolute Gasteiger partial charge is 0.338 e. The highest BCUT2D eigenvalue weighted by molar-refractivity contribution is 5.93. The Hall–Kier alpha value is -2.82. The zero-order valence-electron chi connectivity index (χ0n) is 21.3. The lowest BCUT2D eigenvalue weighted by Crippen LogP contribution is -2.24. The number of amides is 1. The third-order valence-corrected chi connectivity index (χ3v) is 6.21. The molecule has 0 aliphatic heterocycles. The summed E-state index contributed by atoms with van der Waals surface area (Å²) in [5.41, 5.74) is 2.66. The molecule has 2 aromatic rings. The van der Waals surface area contributed by atoms with E-state index in [1.54, 1.807) is 24.3 Å². The van der Waals surface area contributed by atoms with E-state index in [4.69, 9.17) is 9.47 Å². The van der Waals surface area contributed by atoms with Crippen LogP contribution in [0.4, 0.5) is 5.69 Å². The number of nitrogens with one attached hydrogen (secondary N) is 1. The maximum Gasteiger partial charge on any atom is 0.338 e. The first kappa shape index (κ1) is 25.8. The first-order chi connectivity index (χ1) is 16.0. The van der Waals surface area contributed by atoms with Gasteiger partial charge in [-0.05, 0) is 84.9 Å². The highest BCUT2D eigenvalue weighted by Gasteiger charge is 2.27. The van der Waals surface area contributed by atoms with Crippen molar-refractivity contribution in [1.29, 1.82) is 0 Å². The van der Waals surface area contributed by atoms with Crippen molar-refractivity contribution in [3.63, 3.8) is 0 Å². The minimum atomic E-state index is -0.303. The predicted molar refractivity (Wildman–Crippen MR) is 136 cm³/mol. The molecule has 0 spiro atoms. The zero-order valence-corrected chi connectivity index (χ0v) is 21.3. The van der Waals surface area contributed by atoms with Gasteiger partial charge >= 0.3 is 5.97 Å². The Labute approximate surface area is 204 Å². The summed E-state index contributed by atoms with van der Waals surface area (Å²) in [6.45, 7) is 11.2. The van der Waals surface area contributed by atoms with Crippen molar-refractivity contribution in [3.8, 4) is 5.75 Å². The molecule has 0 heterocycles. The summed E-state index contributed by atoms with van der Waals surface area (Å²) >= 11 is 0. The Morgan fingerprint density at radius 2 is 1.50 bits per heavy atom. The van der Waals surface area contributed by atoms with Gasteiger partial charge in [-0.3, -0.25) is 4.79 Å². The van der Waals surface area contributed by atoms with Crippen molar-refractivity contribution in [2.75, 3.05) is 11.9 Å². The lowest BCUT2D eigenvalue weighted by molar-refractivity contribution is -0.118. The number of ether oxygens (including phenoxy) is 2. The molecule has 3 rings (SSSR count). The fraction of sp³-hybridized carbons (Fsp3) is 0.517. The van der Waals surface area contributed by atoms with Gasteiger partial charge in [-0.2, -0.15) is 0 Å². The second-order valence-electron chi connectivity index (χ2n) is 11.2. The molecule has 1 N–H and O–H groups in total. The fourth-order valence-electron chi connectivity index (χ4n) is 4.87. The maximum atomic E-state index is 12.3. The number of hydrogen-bond donors (Lipinski definition) is 1. The Morgan fingerprint density at radius 3 is 2.09 bits per heavy atom. The molecule has 184 valence electrons. The summed E-state index contributed by atoms with van der Waals surface area (Å²) in [5.74, 6) is 0.100. The fourth-order valence-corrected chi connectivity index (χ4v) is 4.87. The van der Waals surface area contributed by atoms with Crippen LogP contribution in [0.2, 0.25) is 0 Å². The second kappa shape index (κ2) is 11.1. The van der Waals surface area contributed by atoms with Crippen molar-refractivity contribution >= 4 is 17.6 Å². The third kappa shape index (κ3) is 7.89. The number of hydrogen-bond acceptors (Lipinski definition) is 4. The molecule has 5 heteroatoms. The van der Waals surface area contributed by atoms with Crippen molar-refractivity contribution < 1.29 is 19.1 Å². The van der Waals surface area contributed by atoms with E-state index in [1.807, 2.05) is 12.1 Å². The summed E-state index contributed by atoms with van der Waals surface area (Å²) in [5, 5.41) is 2.81. The topological polar surface area (TPSA) is 64.6 Å². The van der Waals surface area contributed by atoms with Gasteiger partial charge in [0.2, 0.25) is 0 Å². The molecule has 0 unspecified atom stereocenters. The Bertz CT molecular complexity index is 949. The number of anilines is 1. The zero-order chi connectivity index (χ0) is 24.8. The lowest BCUT2D eigenvalue weighted by atomic mass is 9.72. The molecule has 1 saturated carbocycles. The number of benzene rings is 2. The van der Waals surface area contributed by atoms with Crippen molar-refractivity contribution in [2.24, 2.45) is 5.41 Å². The van der Waals surface area contributed by atoms with Crippen molar-refractivity contribution in [2.45, 2.75) is 84.7 Å². The standard InChI is InChI=1S/C29H39NO4/c1-28(2,3)20-29(4,5)22-13-17-24(18-14-22)33-19-26(31)30-23-15-11-21(12-16-23)27(32)34-25-9-7-6-8-10-25/h11-18,25H,6-10,19-20H2,1-5H3,(H,30,31). The van der Waals surface area contributed by atoms with Crippen LogP contribution in [-0.2, 0) is 14.9 Å². The van der Waals surface area contributed by atoms with Gasteiger partial charge in [0.15, 0.2) is 6.61 Å². The molecule has 1 fully saturated rings. The molecule has 1 aliphatic carbocycles. The molecule has 34 heavy (non-hydrogen) atoms. The molecule has 0 bridgehead atoms. The Morgan fingerprint density at radius 1 is 0.882 bits per heavy atom. The lowest BCUT2D eigenvalue weighted by Gasteiger charge is -2.33. The van der Waals surface area contributed by atoms with Crippen LogP contribution in [0.5, 0.6) is 5.75 Å². The Balaban J connectivity index is 1.47. The van der Waals surface area contributed by atoms with Gasteiger partial charge in [0.05, 0.1) is 5.56 Å². The normalized spacial score (nSPS) is 15.0. The van der Waals surface area contributed by atoms with Crippen molar-refractivity contribution in [3.05, 3.63) is 59.7 Å². The summed E-state index contributed by atoms with van der Waals surface area (Å²) < 4.78 is 11.3. The molecular formula is C29H39NO4. The molecule has 0 aromatic heterocycles. The van der Waals surface area contributed by atoms with E-state index >= 15 is 0 Å². The van der Waals surface area contributed by atoms with Crippen LogP contribution in [0.25, 0.3) is 0 Å². The first-order valence-electron chi connectivity index (χ1n) is 12.4. The molecule has 1 aliphatic rings. The maximum absolute atomic E-state index is 12.3. The number of carbonyl (C=O) groups excluding carboxylic acids is 2. The number of rotatable bonds is 8. The van der Waals surface area contributed by atoms with Crippen LogP contribution < -0.4 is 10.1 Å². The number of esters is 1. The van der Waals surface area contributed by atoms with Crippen LogP contribution in [-0.4, -0.2) is 24.6 Å². The average Bonchev–Trinajstić information content (AvgIpc) is 2.77. The molecule has 0 radical (unpaired) electrons. The average molecular weight is 466 g/mol. The molecule has 2 aromatic carbocycles. The largest absolute Gasteiger partial charge is 0.484 e. The van der Waals surface area contributed by atoms with Crippen LogP contribution in [0.15, 0.2) is 48.5 Å². The minimum absolute atomic E-state index is 0.0244. The molecule has 5 nitrogen and oxygen atoms in total. The van der Waals surface area contributed by atoms with E-state index in [0.29, 0.717) is 17.0 Å². The van der Waals surface area contributed by atoms with Gasteiger partial charge in [-0.1, -0.05) is 53.2 Å². The summed E-state index contributed by atoms with van der Waals surface area (Å²) in [6.07, 6.45) is 6.42. The molecular weight excluding hydrogens is 426 g/mol. The molecule has 0 saturated heterocycles. The third-order valence-electron chi connectivity index (χ3n) is 6.21. The van der Waals surface area contributed by atoms with Gasteiger partial charge in [0, 0.05) is 5.69 Å². The van der Waals surface area contributed by atoms with Crippen LogP contribution in [0, 0.1) is 5.41 Å². The van der Waals surface area contributed by atoms with E-state index in [2.05, 4.69) is 52.1 Å². The van der Waals surface area contributed by atoms with E-state index in [-0.39, 0.29) is 35.4 Å². The van der Waals surface area contributed by atoms with Gasteiger partial charge in [-0.15, -0.1) is 0 Å². The summed E-state index contributed by atoms with van der Waals surface area (Å²) in [6, 6.07) is 14.8. The number of carbonyl (C=O) groups is 2.